The molecule has 3 rings (SSSR count). The van der Waals surface area contributed by atoms with Gasteiger partial charge in [-0.25, -0.2) is 0 Å². The molecular formula is C23H35N7. The molecule has 1 aromatic heterocycles. The first-order valence-electron chi connectivity index (χ1n) is 11.1. The molecule has 0 spiro atoms. The van der Waals surface area contributed by atoms with Crippen LogP contribution in [0.3, 0.4) is 0 Å². The summed E-state index contributed by atoms with van der Waals surface area (Å²) in [6.45, 7) is 11.9. The molecule has 1 aliphatic heterocycles. The molecule has 7 nitrogen and oxygen atoms in total. The smallest absolute Gasteiger partial charge is 0.194 e. The Morgan fingerprint density at radius 2 is 1.93 bits per heavy atom. The molecule has 1 saturated heterocycles. The lowest BCUT2D eigenvalue weighted by Gasteiger charge is -2.36. The minimum absolute atomic E-state index is 0.827. The van der Waals surface area contributed by atoms with Crippen LogP contribution in [0.15, 0.2) is 47.7 Å². The Morgan fingerprint density at radius 1 is 1.13 bits per heavy atom. The molecule has 0 saturated carbocycles. The van der Waals surface area contributed by atoms with Gasteiger partial charge in [-0.2, -0.15) is 0 Å². The van der Waals surface area contributed by atoms with Crippen molar-refractivity contribution in [1.29, 1.82) is 0 Å². The van der Waals surface area contributed by atoms with Gasteiger partial charge >= 0.3 is 0 Å². The second-order valence-corrected chi connectivity index (χ2v) is 7.53. The number of aryl methyl sites for hydroxylation is 1. The molecule has 0 amide bonds. The second kappa shape index (κ2) is 12.1. The third-order valence-corrected chi connectivity index (χ3v) is 5.28. The Kier molecular flexibility index (Phi) is 8.90. The molecule has 1 aliphatic rings. The number of nitrogens with one attached hydrogen (secondary N) is 1. The Labute approximate surface area is 180 Å². The zero-order valence-electron chi connectivity index (χ0n) is 18.4. The molecule has 2 heterocycles. The lowest BCUT2D eigenvalue weighted by molar-refractivity contribution is 0.194. The number of hydrogen-bond donors (Lipinski definition) is 1. The molecule has 1 aromatic carbocycles. The predicted octanol–water partition coefficient (Wildman–Crippen LogP) is 2.53. The first-order valence-corrected chi connectivity index (χ1v) is 11.1. The topological polar surface area (TPSA) is 61.6 Å². The van der Waals surface area contributed by atoms with E-state index in [2.05, 4.69) is 86.2 Å². The minimum atomic E-state index is 0.827. The van der Waals surface area contributed by atoms with Gasteiger partial charge < -0.3 is 14.8 Å². The molecule has 2 aromatic rings. The minimum Gasteiger partial charge on any atom is -0.354 e. The van der Waals surface area contributed by atoms with E-state index < -0.39 is 0 Å². The van der Waals surface area contributed by atoms with Crippen molar-refractivity contribution in [3.8, 4) is 0 Å². The van der Waals surface area contributed by atoms with Gasteiger partial charge in [0, 0.05) is 58.8 Å². The van der Waals surface area contributed by atoms with E-state index in [1.165, 1.54) is 5.56 Å². The molecule has 1 fully saturated rings. The summed E-state index contributed by atoms with van der Waals surface area (Å²) in [6.07, 6.45) is 8.24. The predicted molar refractivity (Wildman–Crippen MR) is 123 cm³/mol. The Morgan fingerprint density at radius 3 is 2.67 bits per heavy atom. The average molecular weight is 410 g/mol. The van der Waals surface area contributed by atoms with Crippen LogP contribution in [0.25, 0.3) is 6.08 Å². The maximum absolute atomic E-state index is 4.81. The van der Waals surface area contributed by atoms with Crippen molar-refractivity contribution < 1.29 is 0 Å². The number of hydrogen-bond acceptors (Lipinski definition) is 4. The molecule has 0 aliphatic carbocycles. The normalized spacial score (nSPS) is 15.8. The molecule has 1 N–H and O–H groups in total. The van der Waals surface area contributed by atoms with Gasteiger partial charge in [-0.05, 0) is 12.0 Å². The highest BCUT2D eigenvalue weighted by Crippen LogP contribution is 2.05. The average Bonchev–Trinajstić information content (AvgIpc) is 3.25. The highest BCUT2D eigenvalue weighted by Gasteiger charge is 2.19. The van der Waals surface area contributed by atoms with E-state index in [1.807, 2.05) is 6.33 Å². The second-order valence-electron chi connectivity index (χ2n) is 7.53. The maximum atomic E-state index is 4.81. The third-order valence-electron chi connectivity index (χ3n) is 5.28. The molecule has 30 heavy (non-hydrogen) atoms. The van der Waals surface area contributed by atoms with Gasteiger partial charge in [0.05, 0.1) is 0 Å². The molecule has 7 heteroatoms. The van der Waals surface area contributed by atoms with Crippen LogP contribution >= 0.6 is 0 Å². The van der Waals surface area contributed by atoms with Gasteiger partial charge in [0.15, 0.2) is 5.96 Å². The van der Waals surface area contributed by atoms with Gasteiger partial charge in [0.25, 0.3) is 0 Å². The number of piperazine rings is 1. The highest BCUT2D eigenvalue weighted by atomic mass is 15.3. The quantitative estimate of drug-likeness (QED) is 0.509. The van der Waals surface area contributed by atoms with Crippen LogP contribution in [-0.4, -0.2) is 76.3 Å². The van der Waals surface area contributed by atoms with E-state index in [0.717, 1.165) is 77.0 Å². The lowest BCUT2D eigenvalue weighted by atomic mass is 10.2. The number of guanidine groups is 1. The highest BCUT2D eigenvalue weighted by molar-refractivity contribution is 5.80. The molecule has 0 unspecified atom stereocenters. The molecule has 0 atom stereocenters. The number of aliphatic imine (C=N–C) groups is 1. The summed E-state index contributed by atoms with van der Waals surface area (Å²) in [5.74, 6) is 2.06. The Balaban J connectivity index is 1.45. The molecular weight excluding hydrogens is 374 g/mol. The first kappa shape index (κ1) is 22.0. The van der Waals surface area contributed by atoms with Crippen LogP contribution in [0.2, 0.25) is 0 Å². The largest absolute Gasteiger partial charge is 0.354 e. The standard InChI is InChI=1S/C23H35N7/c1-3-12-24-23(25-13-15-30-20-26-27-22(30)4-2)29-18-16-28(17-19-29)14-8-11-21-9-6-5-7-10-21/h5-11,20H,3-4,12-19H2,1-2H3,(H,24,25)/b11-8+. The molecule has 162 valence electrons. The summed E-state index contributed by atoms with van der Waals surface area (Å²) in [6, 6.07) is 10.5. The number of nitrogens with zero attached hydrogens (tertiary/aromatic N) is 6. The van der Waals surface area contributed by atoms with E-state index >= 15 is 0 Å². The van der Waals surface area contributed by atoms with Gasteiger partial charge in [0.2, 0.25) is 0 Å². The van der Waals surface area contributed by atoms with Crippen molar-refractivity contribution in [3.05, 3.63) is 54.1 Å². The van der Waals surface area contributed by atoms with E-state index in [0.29, 0.717) is 0 Å². The lowest BCUT2D eigenvalue weighted by Crippen LogP contribution is -2.52. The fraction of sp³-hybridized carbons (Fsp3) is 0.522. The zero-order valence-corrected chi connectivity index (χ0v) is 18.4. The summed E-state index contributed by atoms with van der Waals surface area (Å²) >= 11 is 0. The van der Waals surface area contributed by atoms with Gasteiger partial charge in [-0.1, -0.05) is 56.3 Å². The van der Waals surface area contributed by atoms with Crippen molar-refractivity contribution in [2.75, 3.05) is 45.8 Å². The van der Waals surface area contributed by atoms with Crippen LogP contribution in [0.4, 0.5) is 0 Å². The molecule has 0 radical (unpaired) electrons. The Bertz CT molecular complexity index is 789. The maximum Gasteiger partial charge on any atom is 0.194 e. The van der Waals surface area contributed by atoms with E-state index in [4.69, 9.17) is 4.99 Å². The van der Waals surface area contributed by atoms with E-state index in [9.17, 15) is 0 Å². The fourth-order valence-electron chi connectivity index (χ4n) is 3.56. The third kappa shape index (κ3) is 6.69. The van der Waals surface area contributed by atoms with Crippen LogP contribution in [0.5, 0.6) is 0 Å². The summed E-state index contributed by atoms with van der Waals surface area (Å²) in [7, 11) is 0. The van der Waals surface area contributed by atoms with Crippen LogP contribution in [0, 0.1) is 0 Å². The SMILES string of the molecule is CCCN=C(NCCn1cnnc1CC)N1CCN(C/C=C/c2ccccc2)CC1. The molecule has 0 bridgehead atoms. The monoisotopic (exact) mass is 409 g/mol. The Hall–Kier alpha value is -2.67. The van der Waals surface area contributed by atoms with E-state index in [-0.39, 0.29) is 0 Å². The summed E-state index contributed by atoms with van der Waals surface area (Å²) in [4.78, 5) is 9.70. The number of aromatic nitrogens is 3. The van der Waals surface area contributed by atoms with Crippen LogP contribution in [0.1, 0.15) is 31.7 Å². The van der Waals surface area contributed by atoms with Crippen molar-refractivity contribution in [1.82, 2.24) is 29.9 Å². The van der Waals surface area contributed by atoms with Gasteiger partial charge in [-0.15, -0.1) is 10.2 Å². The van der Waals surface area contributed by atoms with Crippen molar-refractivity contribution in [3.63, 3.8) is 0 Å². The summed E-state index contributed by atoms with van der Waals surface area (Å²) < 4.78 is 2.11. The summed E-state index contributed by atoms with van der Waals surface area (Å²) in [5.41, 5.74) is 1.26. The van der Waals surface area contributed by atoms with Crippen LogP contribution < -0.4 is 5.32 Å². The van der Waals surface area contributed by atoms with Crippen LogP contribution in [-0.2, 0) is 13.0 Å². The van der Waals surface area contributed by atoms with Gasteiger partial charge in [0.1, 0.15) is 12.2 Å². The number of benzene rings is 1. The van der Waals surface area contributed by atoms with Crippen molar-refractivity contribution in [2.24, 2.45) is 4.99 Å². The fourth-order valence-corrected chi connectivity index (χ4v) is 3.56. The van der Waals surface area contributed by atoms with Gasteiger partial charge in [-0.3, -0.25) is 9.89 Å². The van der Waals surface area contributed by atoms with Crippen molar-refractivity contribution >= 4 is 12.0 Å². The first-order chi connectivity index (χ1) is 14.8. The zero-order chi connectivity index (χ0) is 21.0. The van der Waals surface area contributed by atoms with E-state index in [1.54, 1.807) is 0 Å². The number of rotatable bonds is 9. The van der Waals surface area contributed by atoms with Crippen molar-refractivity contribution in [2.45, 2.75) is 33.2 Å². The summed E-state index contributed by atoms with van der Waals surface area (Å²) in [5, 5.41) is 11.7.